The number of alkyl halides is 3. The van der Waals surface area contributed by atoms with Gasteiger partial charge in [-0.15, -0.1) is 0 Å². The number of halogens is 3. The van der Waals surface area contributed by atoms with Gasteiger partial charge in [-0.2, -0.15) is 13.2 Å². The largest absolute Gasteiger partial charge is 0.496 e. The second-order valence-electron chi connectivity index (χ2n) is 5.78. The van der Waals surface area contributed by atoms with Gasteiger partial charge in [-0.1, -0.05) is 6.92 Å². The molecule has 0 saturated carbocycles. The van der Waals surface area contributed by atoms with E-state index in [1.54, 1.807) is 32.0 Å². The molecule has 0 unspecified atom stereocenters. The molecule has 1 aromatic carbocycles. The average molecular weight is 363 g/mol. The Balaban J connectivity index is 2.19. The summed E-state index contributed by atoms with van der Waals surface area (Å²) in [6.45, 7) is 3.57. The number of benzene rings is 1. The fourth-order valence-electron chi connectivity index (χ4n) is 2.77. The van der Waals surface area contributed by atoms with Gasteiger partial charge in [0.2, 0.25) is 11.6 Å². The predicted octanol–water partition coefficient (Wildman–Crippen LogP) is 3.86. The Morgan fingerprint density at radius 2 is 2.04 bits per heavy atom. The SMILES string of the molecule is CCc1nc2ncc(C(F)(F)F)cn2c1C(=O)c1ccc(OC)c(C)c1. The molecule has 0 aliphatic heterocycles. The molecule has 8 heteroatoms. The number of nitrogens with zero attached hydrogens (tertiary/aromatic N) is 3. The van der Waals surface area contributed by atoms with Gasteiger partial charge in [-0.3, -0.25) is 9.20 Å². The molecule has 5 nitrogen and oxygen atoms in total. The van der Waals surface area contributed by atoms with Crippen LogP contribution in [0.2, 0.25) is 0 Å². The maximum Gasteiger partial charge on any atom is 0.419 e. The van der Waals surface area contributed by atoms with E-state index in [-0.39, 0.29) is 11.5 Å². The number of carbonyl (C=O) groups excluding carboxylic acids is 1. The summed E-state index contributed by atoms with van der Waals surface area (Å²) in [6.07, 6.45) is -2.60. The van der Waals surface area contributed by atoms with Crippen LogP contribution in [0.3, 0.4) is 0 Å². The van der Waals surface area contributed by atoms with Gasteiger partial charge in [0.1, 0.15) is 11.4 Å². The summed E-state index contributed by atoms with van der Waals surface area (Å²) in [7, 11) is 1.52. The number of methoxy groups -OCH3 is 1. The zero-order chi connectivity index (χ0) is 19.1. The van der Waals surface area contributed by atoms with Crippen molar-refractivity contribution in [3.05, 3.63) is 58.7 Å². The first-order valence-electron chi connectivity index (χ1n) is 7.89. The normalized spacial score (nSPS) is 11.8. The number of carbonyl (C=O) groups is 1. The fourth-order valence-corrected chi connectivity index (χ4v) is 2.77. The van der Waals surface area contributed by atoms with Crippen molar-refractivity contribution in [2.24, 2.45) is 0 Å². The molecule has 0 amide bonds. The van der Waals surface area contributed by atoms with Crippen LogP contribution in [0.4, 0.5) is 13.2 Å². The predicted molar refractivity (Wildman–Crippen MR) is 88.5 cm³/mol. The number of aryl methyl sites for hydroxylation is 2. The van der Waals surface area contributed by atoms with Gasteiger partial charge >= 0.3 is 6.18 Å². The summed E-state index contributed by atoms with van der Waals surface area (Å²) >= 11 is 0. The molecule has 0 atom stereocenters. The highest BCUT2D eigenvalue weighted by Gasteiger charge is 2.32. The Morgan fingerprint density at radius 3 is 2.62 bits per heavy atom. The van der Waals surface area contributed by atoms with E-state index in [1.807, 2.05) is 0 Å². The van der Waals surface area contributed by atoms with E-state index < -0.39 is 17.5 Å². The maximum absolute atomic E-state index is 13.0. The third kappa shape index (κ3) is 3.02. The summed E-state index contributed by atoms with van der Waals surface area (Å²) < 4.78 is 45.4. The van der Waals surface area contributed by atoms with Crippen LogP contribution in [-0.4, -0.2) is 27.3 Å². The molecule has 3 aromatic rings. The second-order valence-corrected chi connectivity index (χ2v) is 5.78. The lowest BCUT2D eigenvalue weighted by Crippen LogP contribution is -2.12. The molecule has 26 heavy (non-hydrogen) atoms. The van der Waals surface area contributed by atoms with Crippen LogP contribution in [0.15, 0.2) is 30.6 Å². The third-order valence-corrected chi connectivity index (χ3v) is 4.09. The van der Waals surface area contributed by atoms with Crippen LogP contribution < -0.4 is 4.74 Å². The van der Waals surface area contributed by atoms with Crippen LogP contribution in [0.5, 0.6) is 5.75 Å². The van der Waals surface area contributed by atoms with Gasteiger partial charge in [0.15, 0.2) is 0 Å². The Hall–Kier alpha value is -2.90. The molecule has 0 saturated heterocycles. The molecule has 2 aromatic heterocycles. The summed E-state index contributed by atoms with van der Waals surface area (Å²) in [6, 6.07) is 4.87. The minimum Gasteiger partial charge on any atom is -0.496 e. The number of ether oxygens (including phenoxy) is 1. The highest BCUT2D eigenvalue weighted by molar-refractivity contribution is 6.09. The molecule has 0 aliphatic rings. The van der Waals surface area contributed by atoms with Gasteiger partial charge < -0.3 is 4.74 Å². The quantitative estimate of drug-likeness (QED) is 0.661. The highest BCUT2D eigenvalue weighted by atomic mass is 19.4. The van der Waals surface area contributed by atoms with Crippen molar-refractivity contribution >= 4 is 11.6 Å². The lowest BCUT2D eigenvalue weighted by Gasteiger charge is -2.09. The van der Waals surface area contributed by atoms with Gasteiger partial charge in [0.25, 0.3) is 0 Å². The van der Waals surface area contributed by atoms with Gasteiger partial charge in [-0.25, -0.2) is 9.97 Å². The topological polar surface area (TPSA) is 56.5 Å². The van der Waals surface area contributed by atoms with E-state index in [0.29, 0.717) is 29.6 Å². The van der Waals surface area contributed by atoms with Crippen molar-refractivity contribution in [1.29, 1.82) is 0 Å². The lowest BCUT2D eigenvalue weighted by atomic mass is 10.0. The zero-order valence-corrected chi connectivity index (χ0v) is 14.4. The molecule has 0 spiro atoms. The van der Waals surface area contributed by atoms with Crippen molar-refractivity contribution in [3.8, 4) is 5.75 Å². The minimum absolute atomic E-state index is 0.0587. The monoisotopic (exact) mass is 363 g/mol. The van der Waals surface area contributed by atoms with Crippen molar-refractivity contribution in [3.63, 3.8) is 0 Å². The van der Waals surface area contributed by atoms with E-state index in [1.165, 1.54) is 7.11 Å². The Labute approximate surface area is 147 Å². The van der Waals surface area contributed by atoms with E-state index in [0.717, 1.165) is 16.2 Å². The summed E-state index contributed by atoms with van der Waals surface area (Å²) in [5.74, 6) is 0.265. The van der Waals surface area contributed by atoms with Gasteiger partial charge in [-0.05, 0) is 37.1 Å². The molecule has 0 fully saturated rings. The van der Waals surface area contributed by atoms with Crippen molar-refractivity contribution in [1.82, 2.24) is 14.4 Å². The zero-order valence-electron chi connectivity index (χ0n) is 14.4. The standard InChI is InChI=1S/C18H16F3N3O2/c1-4-13-15(16(25)11-5-6-14(26-3)10(2)7-11)24-9-12(18(19,20)21)8-22-17(24)23-13/h5-9H,4H2,1-3H3. The first-order chi connectivity index (χ1) is 12.3. The number of aromatic nitrogens is 3. The van der Waals surface area contributed by atoms with Crippen LogP contribution in [0.25, 0.3) is 5.78 Å². The number of ketones is 1. The molecule has 0 bridgehead atoms. The van der Waals surface area contributed by atoms with Gasteiger partial charge in [0, 0.05) is 18.0 Å². The molecule has 136 valence electrons. The second kappa shape index (κ2) is 6.44. The lowest BCUT2D eigenvalue weighted by molar-refractivity contribution is -0.138. The number of hydrogen-bond acceptors (Lipinski definition) is 4. The van der Waals surface area contributed by atoms with E-state index in [2.05, 4.69) is 9.97 Å². The third-order valence-electron chi connectivity index (χ3n) is 4.09. The Morgan fingerprint density at radius 1 is 1.31 bits per heavy atom. The summed E-state index contributed by atoms with van der Waals surface area (Å²) in [5.41, 5.74) is 0.641. The molecule has 0 radical (unpaired) electrons. The molecule has 3 rings (SSSR count). The van der Waals surface area contributed by atoms with E-state index in [4.69, 9.17) is 4.74 Å². The highest BCUT2D eigenvalue weighted by Crippen LogP contribution is 2.29. The van der Waals surface area contributed by atoms with Crippen LogP contribution in [0, 0.1) is 6.92 Å². The van der Waals surface area contributed by atoms with Crippen molar-refractivity contribution in [2.45, 2.75) is 26.4 Å². The number of imidazole rings is 1. The fraction of sp³-hybridized carbons (Fsp3) is 0.278. The summed E-state index contributed by atoms with van der Waals surface area (Å²) in [5, 5.41) is 0. The van der Waals surface area contributed by atoms with E-state index >= 15 is 0 Å². The Kier molecular flexibility index (Phi) is 4.43. The molecular weight excluding hydrogens is 347 g/mol. The summed E-state index contributed by atoms with van der Waals surface area (Å²) in [4.78, 5) is 21.0. The number of fused-ring (bicyclic) bond motifs is 1. The molecule has 0 aliphatic carbocycles. The van der Waals surface area contributed by atoms with Crippen molar-refractivity contribution < 1.29 is 22.7 Å². The molecule has 0 N–H and O–H groups in total. The van der Waals surface area contributed by atoms with Gasteiger partial charge in [0.05, 0.1) is 18.4 Å². The minimum atomic E-state index is -4.56. The molecular formula is C18H16F3N3O2. The first-order valence-corrected chi connectivity index (χ1v) is 7.89. The van der Waals surface area contributed by atoms with Crippen LogP contribution in [-0.2, 0) is 12.6 Å². The van der Waals surface area contributed by atoms with Crippen LogP contribution >= 0.6 is 0 Å². The number of rotatable bonds is 4. The maximum atomic E-state index is 13.0. The van der Waals surface area contributed by atoms with E-state index in [9.17, 15) is 18.0 Å². The molecule has 2 heterocycles. The Bertz CT molecular complexity index is 993. The first kappa shape index (κ1) is 17.9. The smallest absolute Gasteiger partial charge is 0.419 e. The van der Waals surface area contributed by atoms with Crippen molar-refractivity contribution in [2.75, 3.05) is 7.11 Å². The average Bonchev–Trinajstić information content (AvgIpc) is 2.97. The number of hydrogen-bond donors (Lipinski definition) is 0. The van der Waals surface area contributed by atoms with Crippen LogP contribution in [0.1, 0.15) is 39.8 Å².